The summed E-state index contributed by atoms with van der Waals surface area (Å²) in [6, 6.07) is 13.4. The molecule has 2 aromatic carbocycles. The molecule has 0 aliphatic carbocycles. The quantitative estimate of drug-likeness (QED) is 0.316. The van der Waals surface area contributed by atoms with Crippen molar-refractivity contribution >= 4 is 17.5 Å². The Bertz CT molecular complexity index is 1090. The van der Waals surface area contributed by atoms with Crippen LogP contribution < -0.4 is 9.47 Å². The number of aromatic nitrogens is 3. The van der Waals surface area contributed by atoms with E-state index in [9.17, 15) is 4.79 Å². The molecule has 154 valence electrons. The standard InChI is InChI=1S/C23H23N3O3S/c1-4-11-26-22(21-13-28-19-7-5-6-8-20(19)29-21)24-25-23(26)30-14-18(27)17-10-9-15(2)12-16(17)3/h4-10,12,21H,1,11,13-14H2,2-3H3. The van der Waals surface area contributed by atoms with Gasteiger partial charge in [-0.15, -0.1) is 16.8 Å². The van der Waals surface area contributed by atoms with Crippen molar-refractivity contribution in [2.45, 2.75) is 31.7 Å². The zero-order valence-electron chi connectivity index (χ0n) is 17.0. The third-order valence-electron chi connectivity index (χ3n) is 4.87. The average molecular weight is 422 g/mol. The molecule has 1 aliphatic heterocycles. The van der Waals surface area contributed by atoms with Crippen molar-refractivity contribution in [3.63, 3.8) is 0 Å². The van der Waals surface area contributed by atoms with Crippen molar-refractivity contribution in [2.24, 2.45) is 0 Å². The largest absolute Gasteiger partial charge is 0.485 e. The minimum Gasteiger partial charge on any atom is -0.485 e. The SMILES string of the molecule is C=CCn1c(SCC(=O)c2ccc(C)cc2C)nnc1C1COc2ccccc2O1. The number of benzene rings is 2. The first-order chi connectivity index (χ1) is 14.6. The zero-order chi connectivity index (χ0) is 21.1. The van der Waals surface area contributed by atoms with Crippen molar-refractivity contribution in [2.75, 3.05) is 12.4 Å². The summed E-state index contributed by atoms with van der Waals surface area (Å²) in [6.45, 7) is 8.68. The molecule has 0 saturated carbocycles. The van der Waals surface area contributed by atoms with E-state index in [-0.39, 0.29) is 17.6 Å². The summed E-state index contributed by atoms with van der Waals surface area (Å²) in [7, 11) is 0. The van der Waals surface area contributed by atoms with Gasteiger partial charge in [-0.2, -0.15) is 0 Å². The number of fused-ring (bicyclic) bond motifs is 1. The fourth-order valence-corrected chi connectivity index (χ4v) is 4.26. The van der Waals surface area contributed by atoms with Crippen molar-refractivity contribution in [1.82, 2.24) is 14.8 Å². The van der Waals surface area contributed by atoms with Crippen LogP contribution in [0.1, 0.15) is 33.4 Å². The minimum absolute atomic E-state index is 0.0679. The highest BCUT2D eigenvalue weighted by molar-refractivity contribution is 7.99. The summed E-state index contributed by atoms with van der Waals surface area (Å²) >= 11 is 1.37. The number of carbonyl (C=O) groups excluding carboxylic acids is 1. The summed E-state index contributed by atoms with van der Waals surface area (Å²) in [4.78, 5) is 12.7. The lowest BCUT2D eigenvalue weighted by molar-refractivity contribution is 0.0821. The number of aryl methyl sites for hydroxylation is 2. The van der Waals surface area contributed by atoms with Crippen molar-refractivity contribution in [3.05, 3.63) is 77.6 Å². The molecule has 0 bridgehead atoms. The lowest BCUT2D eigenvalue weighted by Crippen LogP contribution is -2.25. The molecule has 3 aromatic rings. The summed E-state index contributed by atoms with van der Waals surface area (Å²) in [5.74, 6) is 2.41. The van der Waals surface area contributed by atoms with Crippen LogP contribution in [-0.4, -0.2) is 32.9 Å². The number of rotatable bonds is 7. The number of hydrogen-bond donors (Lipinski definition) is 0. The number of para-hydroxylation sites is 2. The molecule has 6 nitrogen and oxygen atoms in total. The summed E-state index contributed by atoms with van der Waals surface area (Å²) in [5.41, 5.74) is 2.87. The highest BCUT2D eigenvalue weighted by Crippen LogP contribution is 2.36. The Labute approximate surface area is 179 Å². The van der Waals surface area contributed by atoms with E-state index in [0.29, 0.717) is 29.9 Å². The molecule has 0 radical (unpaired) electrons. The van der Waals surface area contributed by atoms with E-state index < -0.39 is 0 Å². The minimum atomic E-state index is -0.378. The number of ether oxygens (including phenoxy) is 2. The molecule has 0 N–H and O–H groups in total. The monoisotopic (exact) mass is 421 g/mol. The second kappa shape index (κ2) is 8.75. The predicted molar refractivity (Wildman–Crippen MR) is 116 cm³/mol. The summed E-state index contributed by atoms with van der Waals surface area (Å²) in [5, 5.41) is 9.31. The van der Waals surface area contributed by atoms with Gasteiger partial charge in [0, 0.05) is 12.1 Å². The Morgan fingerprint density at radius 2 is 2.03 bits per heavy atom. The Kier molecular flexibility index (Phi) is 5.90. The van der Waals surface area contributed by atoms with Gasteiger partial charge in [0.2, 0.25) is 0 Å². The topological polar surface area (TPSA) is 66.2 Å². The molecule has 30 heavy (non-hydrogen) atoms. The normalized spacial score (nSPS) is 15.1. The van der Waals surface area contributed by atoms with E-state index in [1.54, 1.807) is 6.08 Å². The first-order valence-corrected chi connectivity index (χ1v) is 10.7. The maximum absolute atomic E-state index is 12.7. The Morgan fingerprint density at radius 3 is 2.80 bits per heavy atom. The van der Waals surface area contributed by atoms with E-state index >= 15 is 0 Å². The van der Waals surface area contributed by atoms with Crippen molar-refractivity contribution < 1.29 is 14.3 Å². The fraction of sp³-hybridized carbons (Fsp3) is 0.261. The van der Waals surface area contributed by atoms with Crippen LogP contribution in [0, 0.1) is 13.8 Å². The molecule has 0 spiro atoms. The van der Waals surface area contributed by atoms with Crippen LogP contribution in [0.25, 0.3) is 0 Å². The van der Waals surface area contributed by atoms with E-state index in [1.807, 2.05) is 60.9 Å². The molecule has 0 saturated heterocycles. The number of Topliss-reactive ketones (excluding diaryl/α,β-unsaturated/α-hetero) is 1. The molecular formula is C23H23N3O3S. The van der Waals surface area contributed by atoms with Gasteiger partial charge in [0.15, 0.2) is 34.4 Å². The smallest absolute Gasteiger partial charge is 0.192 e. The molecule has 2 heterocycles. The van der Waals surface area contributed by atoms with Crippen LogP contribution in [0.5, 0.6) is 11.5 Å². The van der Waals surface area contributed by atoms with E-state index in [0.717, 1.165) is 22.4 Å². The second-order valence-corrected chi connectivity index (χ2v) is 8.08. The van der Waals surface area contributed by atoms with Gasteiger partial charge in [0.1, 0.15) is 6.61 Å². The van der Waals surface area contributed by atoms with Crippen LogP contribution >= 0.6 is 11.8 Å². The maximum atomic E-state index is 12.7. The molecule has 1 unspecified atom stereocenters. The highest BCUT2D eigenvalue weighted by atomic mass is 32.2. The third kappa shape index (κ3) is 4.11. The van der Waals surface area contributed by atoms with Gasteiger partial charge >= 0.3 is 0 Å². The predicted octanol–water partition coefficient (Wildman–Crippen LogP) is 4.57. The molecule has 1 aromatic heterocycles. The van der Waals surface area contributed by atoms with Gasteiger partial charge in [-0.05, 0) is 31.5 Å². The fourth-order valence-electron chi connectivity index (χ4n) is 3.43. The van der Waals surface area contributed by atoms with Gasteiger partial charge in [0.25, 0.3) is 0 Å². The molecule has 1 atom stereocenters. The van der Waals surface area contributed by atoms with Gasteiger partial charge in [-0.3, -0.25) is 9.36 Å². The second-order valence-electron chi connectivity index (χ2n) is 7.13. The number of nitrogens with zero attached hydrogens (tertiary/aromatic N) is 3. The number of ketones is 1. The molecule has 0 fully saturated rings. The van der Waals surface area contributed by atoms with Gasteiger partial charge in [0.05, 0.1) is 5.75 Å². The molecule has 4 rings (SSSR count). The number of hydrogen-bond acceptors (Lipinski definition) is 6. The molecule has 1 aliphatic rings. The first kappa shape index (κ1) is 20.2. The van der Waals surface area contributed by atoms with E-state index in [4.69, 9.17) is 9.47 Å². The number of carbonyl (C=O) groups is 1. The van der Waals surface area contributed by atoms with Crippen LogP contribution in [-0.2, 0) is 6.54 Å². The van der Waals surface area contributed by atoms with E-state index in [1.165, 1.54) is 11.8 Å². The summed E-state index contributed by atoms with van der Waals surface area (Å²) < 4.78 is 13.8. The lowest BCUT2D eigenvalue weighted by atomic mass is 10.0. The van der Waals surface area contributed by atoms with Gasteiger partial charge in [-0.1, -0.05) is 53.7 Å². The van der Waals surface area contributed by atoms with Crippen molar-refractivity contribution in [1.29, 1.82) is 0 Å². The molecular weight excluding hydrogens is 398 g/mol. The van der Waals surface area contributed by atoms with Crippen LogP contribution in [0.4, 0.5) is 0 Å². The Hall–Kier alpha value is -3.06. The van der Waals surface area contributed by atoms with Crippen molar-refractivity contribution in [3.8, 4) is 11.5 Å². The average Bonchev–Trinajstić information content (AvgIpc) is 3.14. The lowest BCUT2D eigenvalue weighted by Gasteiger charge is -2.26. The highest BCUT2D eigenvalue weighted by Gasteiger charge is 2.28. The van der Waals surface area contributed by atoms with E-state index in [2.05, 4.69) is 16.8 Å². The van der Waals surface area contributed by atoms with Crippen LogP contribution in [0.2, 0.25) is 0 Å². The van der Waals surface area contributed by atoms with Gasteiger partial charge < -0.3 is 9.47 Å². The Balaban J connectivity index is 1.51. The van der Waals surface area contributed by atoms with Crippen LogP contribution in [0.15, 0.2) is 60.3 Å². The zero-order valence-corrected chi connectivity index (χ0v) is 17.8. The maximum Gasteiger partial charge on any atom is 0.192 e. The number of allylic oxidation sites excluding steroid dienone is 1. The molecule has 7 heteroatoms. The van der Waals surface area contributed by atoms with Gasteiger partial charge in [-0.25, -0.2) is 0 Å². The first-order valence-electron chi connectivity index (χ1n) is 9.72. The van der Waals surface area contributed by atoms with Crippen LogP contribution in [0.3, 0.4) is 0 Å². The third-order valence-corrected chi connectivity index (χ3v) is 5.84. The summed E-state index contributed by atoms with van der Waals surface area (Å²) in [6.07, 6.45) is 1.40. The molecule has 0 amide bonds. The Morgan fingerprint density at radius 1 is 1.23 bits per heavy atom. The number of thioether (sulfide) groups is 1.